The van der Waals surface area contributed by atoms with Crippen LogP contribution in [0, 0.1) is 6.92 Å². The van der Waals surface area contributed by atoms with E-state index in [1.165, 1.54) is 12.7 Å². The number of nitrogens with one attached hydrogen (secondary N) is 2. The predicted octanol–water partition coefficient (Wildman–Crippen LogP) is 4.03. The van der Waals surface area contributed by atoms with Crippen LogP contribution < -0.4 is 14.8 Å². The van der Waals surface area contributed by atoms with E-state index in [0.29, 0.717) is 0 Å². The maximum atomic E-state index is 13.3. The molecule has 0 aliphatic carbocycles. The van der Waals surface area contributed by atoms with Crippen molar-refractivity contribution in [3.8, 4) is 5.75 Å². The Bertz CT molecular complexity index is 1180. The highest BCUT2D eigenvalue weighted by atomic mass is 32.2. The summed E-state index contributed by atoms with van der Waals surface area (Å²) in [6.45, 7) is 3.74. The van der Waals surface area contributed by atoms with E-state index in [1.807, 2.05) is 55.5 Å². The summed E-state index contributed by atoms with van der Waals surface area (Å²) in [6, 6.07) is 23.3. The number of hydrogen-bond donors (Lipinski definition) is 2. The van der Waals surface area contributed by atoms with E-state index < -0.39 is 16.1 Å². The summed E-state index contributed by atoms with van der Waals surface area (Å²) in [7, 11) is -2.59. The third-order valence-corrected chi connectivity index (χ3v) is 7.10. The molecule has 180 valence electrons. The summed E-state index contributed by atoms with van der Waals surface area (Å²) in [6.07, 6.45) is 1.79. The first-order chi connectivity index (χ1) is 16.3. The first kappa shape index (κ1) is 25.5. The zero-order chi connectivity index (χ0) is 24.6. The standard InChI is InChI=1S/C27H32N2O4S/c1-20-14-17-25(33-3)26(18-20)34(31,32)29-24(19-23-12-8-5-9-13-23)27(30)28-21(2)15-16-22-10-6-4-7-11-22/h4-14,17-18,21,24,29H,15-16,19H2,1-3H3,(H,28,30)/t21-,24-/m1/s1. The number of carbonyl (C=O) groups is 1. The molecule has 0 bridgehead atoms. The van der Waals surface area contributed by atoms with Crippen LogP contribution in [0.1, 0.15) is 30.0 Å². The predicted molar refractivity (Wildman–Crippen MR) is 134 cm³/mol. The van der Waals surface area contributed by atoms with Gasteiger partial charge in [0.15, 0.2) is 0 Å². The highest BCUT2D eigenvalue weighted by molar-refractivity contribution is 7.89. The van der Waals surface area contributed by atoms with Crippen LogP contribution in [0.2, 0.25) is 0 Å². The molecule has 0 heterocycles. The fraction of sp³-hybridized carbons (Fsp3) is 0.296. The van der Waals surface area contributed by atoms with Gasteiger partial charge in [0.25, 0.3) is 0 Å². The topological polar surface area (TPSA) is 84.5 Å². The molecule has 3 aromatic rings. The molecular weight excluding hydrogens is 448 g/mol. The van der Waals surface area contributed by atoms with Crippen molar-refractivity contribution in [2.75, 3.05) is 7.11 Å². The molecule has 7 heteroatoms. The van der Waals surface area contributed by atoms with Gasteiger partial charge in [-0.05, 0) is 61.9 Å². The van der Waals surface area contributed by atoms with E-state index in [-0.39, 0.29) is 29.0 Å². The number of benzene rings is 3. The van der Waals surface area contributed by atoms with Crippen molar-refractivity contribution >= 4 is 15.9 Å². The van der Waals surface area contributed by atoms with Crippen molar-refractivity contribution in [3.05, 3.63) is 95.6 Å². The Balaban J connectivity index is 1.78. The van der Waals surface area contributed by atoms with Gasteiger partial charge in [-0.1, -0.05) is 66.7 Å². The van der Waals surface area contributed by atoms with Crippen molar-refractivity contribution < 1.29 is 17.9 Å². The number of ether oxygens (including phenoxy) is 1. The van der Waals surface area contributed by atoms with E-state index in [1.54, 1.807) is 25.1 Å². The average molecular weight is 481 g/mol. The third kappa shape index (κ3) is 7.17. The zero-order valence-electron chi connectivity index (χ0n) is 19.8. The Hall–Kier alpha value is -3.16. The Labute approximate surface area is 202 Å². The summed E-state index contributed by atoms with van der Waals surface area (Å²) >= 11 is 0. The second kappa shape index (κ2) is 11.8. The summed E-state index contributed by atoms with van der Waals surface area (Å²) in [5.41, 5.74) is 2.83. The fourth-order valence-corrected chi connectivity index (χ4v) is 5.18. The number of hydrogen-bond acceptors (Lipinski definition) is 4. The monoisotopic (exact) mass is 480 g/mol. The van der Waals surface area contributed by atoms with Crippen LogP contribution in [-0.2, 0) is 27.7 Å². The van der Waals surface area contributed by atoms with Gasteiger partial charge in [0.05, 0.1) is 7.11 Å². The smallest absolute Gasteiger partial charge is 0.244 e. The molecule has 1 amide bonds. The molecule has 0 saturated carbocycles. The molecule has 0 spiro atoms. The van der Waals surface area contributed by atoms with Crippen LogP contribution in [0.5, 0.6) is 5.75 Å². The van der Waals surface area contributed by atoms with Gasteiger partial charge < -0.3 is 10.1 Å². The molecule has 0 fully saturated rings. The van der Waals surface area contributed by atoms with E-state index >= 15 is 0 Å². The number of sulfonamides is 1. The zero-order valence-corrected chi connectivity index (χ0v) is 20.6. The fourth-order valence-electron chi connectivity index (χ4n) is 3.73. The molecule has 0 radical (unpaired) electrons. The van der Waals surface area contributed by atoms with Gasteiger partial charge in [0.1, 0.15) is 16.7 Å². The molecular formula is C27H32N2O4S. The average Bonchev–Trinajstić information content (AvgIpc) is 2.83. The molecule has 2 atom stereocenters. The first-order valence-electron chi connectivity index (χ1n) is 11.3. The SMILES string of the molecule is COc1ccc(C)cc1S(=O)(=O)N[C@H](Cc1ccccc1)C(=O)N[C@H](C)CCc1ccccc1. The highest BCUT2D eigenvalue weighted by Crippen LogP contribution is 2.25. The maximum absolute atomic E-state index is 13.3. The summed E-state index contributed by atoms with van der Waals surface area (Å²) in [5, 5.41) is 2.99. The molecule has 34 heavy (non-hydrogen) atoms. The van der Waals surface area contributed by atoms with Crippen molar-refractivity contribution in [2.24, 2.45) is 0 Å². The van der Waals surface area contributed by atoms with Crippen LogP contribution >= 0.6 is 0 Å². The van der Waals surface area contributed by atoms with E-state index in [0.717, 1.165) is 24.0 Å². The van der Waals surface area contributed by atoms with Crippen LogP contribution in [0.25, 0.3) is 0 Å². The Morgan fingerprint density at radius 1 is 0.941 bits per heavy atom. The van der Waals surface area contributed by atoms with Gasteiger partial charge in [0.2, 0.25) is 15.9 Å². The van der Waals surface area contributed by atoms with Crippen LogP contribution in [0.4, 0.5) is 0 Å². The number of aryl methyl sites for hydroxylation is 2. The first-order valence-corrected chi connectivity index (χ1v) is 12.8. The lowest BCUT2D eigenvalue weighted by molar-refractivity contribution is -0.123. The minimum atomic E-state index is -4.02. The second-order valence-corrected chi connectivity index (χ2v) is 10.1. The Kier molecular flexibility index (Phi) is 8.85. The molecule has 2 N–H and O–H groups in total. The highest BCUT2D eigenvalue weighted by Gasteiger charge is 2.29. The van der Waals surface area contributed by atoms with Crippen molar-refractivity contribution in [1.82, 2.24) is 10.0 Å². The number of rotatable bonds is 11. The van der Waals surface area contributed by atoms with Crippen molar-refractivity contribution in [1.29, 1.82) is 0 Å². The van der Waals surface area contributed by atoms with E-state index in [2.05, 4.69) is 22.2 Å². The molecule has 3 rings (SSSR count). The minimum absolute atomic E-state index is 0.0120. The van der Waals surface area contributed by atoms with Crippen LogP contribution in [-0.4, -0.2) is 33.5 Å². The maximum Gasteiger partial charge on any atom is 0.244 e. The van der Waals surface area contributed by atoms with E-state index in [4.69, 9.17) is 4.74 Å². The molecule has 0 saturated heterocycles. The second-order valence-electron chi connectivity index (χ2n) is 8.45. The Morgan fingerprint density at radius 3 is 2.18 bits per heavy atom. The lowest BCUT2D eigenvalue weighted by atomic mass is 10.0. The summed E-state index contributed by atoms with van der Waals surface area (Å²) < 4.78 is 34.5. The number of carbonyl (C=O) groups excluding carboxylic acids is 1. The van der Waals surface area contributed by atoms with Crippen molar-refractivity contribution in [3.63, 3.8) is 0 Å². The van der Waals surface area contributed by atoms with Gasteiger partial charge >= 0.3 is 0 Å². The van der Waals surface area contributed by atoms with Gasteiger partial charge in [-0.25, -0.2) is 8.42 Å². The van der Waals surface area contributed by atoms with Crippen molar-refractivity contribution in [2.45, 2.75) is 50.1 Å². The van der Waals surface area contributed by atoms with Crippen LogP contribution in [0.3, 0.4) is 0 Å². The van der Waals surface area contributed by atoms with Crippen LogP contribution in [0.15, 0.2) is 83.8 Å². The molecule has 0 aliphatic rings. The Morgan fingerprint density at radius 2 is 1.56 bits per heavy atom. The minimum Gasteiger partial charge on any atom is -0.495 e. The van der Waals surface area contributed by atoms with Gasteiger partial charge in [-0.2, -0.15) is 4.72 Å². The molecule has 0 aliphatic heterocycles. The largest absolute Gasteiger partial charge is 0.495 e. The lowest BCUT2D eigenvalue weighted by Crippen LogP contribution is -2.50. The molecule has 3 aromatic carbocycles. The molecule has 6 nitrogen and oxygen atoms in total. The number of amides is 1. The van der Waals surface area contributed by atoms with Gasteiger partial charge in [-0.3, -0.25) is 4.79 Å². The lowest BCUT2D eigenvalue weighted by Gasteiger charge is -2.22. The van der Waals surface area contributed by atoms with E-state index in [9.17, 15) is 13.2 Å². The normalized spacial score (nSPS) is 13.1. The number of methoxy groups -OCH3 is 1. The summed E-state index contributed by atoms with van der Waals surface area (Å²) in [5.74, 6) is -0.132. The third-order valence-electron chi connectivity index (χ3n) is 5.60. The van der Waals surface area contributed by atoms with Gasteiger partial charge in [0, 0.05) is 6.04 Å². The molecule has 0 aromatic heterocycles. The van der Waals surface area contributed by atoms with Gasteiger partial charge in [-0.15, -0.1) is 0 Å². The quantitative estimate of drug-likeness (QED) is 0.434. The molecule has 0 unspecified atom stereocenters. The summed E-state index contributed by atoms with van der Waals surface area (Å²) in [4.78, 5) is 13.2.